The molecule has 0 saturated carbocycles. The highest BCUT2D eigenvalue weighted by Gasteiger charge is 2.16. The predicted octanol–water partition coefficient (Wildman–Crippen LogP) is 6.28. The van der Waals surface area contributed by atoms with Crippen molar-refractivity contribution in [2.24, 2.45) is 0 Å². The van der Waals surface area contributed by atoms with E-state index in [1.54, 1.807) is 18.3 Å². The first-order valence-electron chi connectivity index (χ1n) is 11.0. The number of piperidine rings is 1. The first-order valence-corrected chi connectivity index (χ1v) is 11.4. The third kappa shape index (κ3) is 5.40. The topological polar surface area (TPSA) is 58.1 Å². The maximum Gasteiger partial charge on any atom is 0.227 e. The lowest BCUT2D eigenvalue weighted by molar-refractivity contribution is -0.114. The van der Waals surface area contributed by atoms with Crippen molar-refractivity contribution < 1.29 is 9.18 Å². The Balaban J connectivity index is 1.61. The monoisotopic (exact) mass is 464 g/mol. The van der Waals surface area contributed by atoms with Crippen molar-refractivity contribution in [3.8, 4) is 11.3 Å². The lowest BCUT2D eigenvalue weighted by Crippen LogP contribution is -2.29. The minimum Gasteiger partial charge on any atom is -0.370 e. The molecule has 0 aliphatic carbocycles. The van der Waals surface area contributed by atoms with Crippen LogP contribution in [0.25, 0.3) is 11.3 Å². The van der Waals surface area contributed by atoms with Crippen molar-refractivity contribution in [3.05, 3.63) is 77.2 Å². The van der Waals surface area contributed by atoms with Gasteiger partial charge in [0.25, 0.3) is 0 Å². The van der Waals surface area contributed by atoms with Gasteiger partial charge in [-0.05, 0) is 79.8 Å². The van der Waals surface area contributed by atoms with Crippen molar-refractivity contribution in [3.63, 3.8) is 0 Å². The van der Waals surface area contributed by atoms with E-state index in [4.69, 9.17) is 11.6 Å². The van der Waals surface area contributed by atoms with Crippen LogP contribution in [0.15, 0.2) is 55.3 Å². The molecule has 1 aromatic heterocycles. The van der Waals surface area contributed by atoms with E-state index >= 15 is 0 Å². The Labute approximate surface area is 198 Å². The van der Waals surface area contributed by atoms with Gasteiger partial charge in [0.1, 0.15) is 5.82 Å². The first-order chi connectivity index (χ1) is 15.9. The summed E-state index contributed by atoms with van der Waals surface area (Å²) in [6.07, 6.45) is 6.46. The van der Waals surface area contributed by atoms with Gasteiger partial charge in [-0.1, -0.05) is 18.2 Å². The summed E-state index contributed by atoms with van der Waals surface area (Å²) >= 11 is 6.47. The standard InChI is InChI=1S/C26H26ClFN4O/c1-3-21(33)14-19-13-18(7-10-23(19)28)25-17(2)16-29-26(31-25)30-20-8-9-22(27)24(15-20)32-11-5-4-6-12-32/h3,7-10,13,15-16H,1,4-6,11-12,14H2,2H3,(H,29,30,31). The van der Waals surface area contributed by atoms with Gasteiger partial charge in [-0.3, -0.25) is 4.79 Å². The molecule has 1 aliphatic rings. The Morgan fingerprint density at radius 3 is 2.76 bits per heavy atom. The molecule has 2 heterocycles. The summed E-state index contributed by atoms with van der Waals surface area (Å²) in [5, 5.41) is 3.99. The number of rotatable bonds is 7. The third-order valence-corrected chi connectivity index (χ3v) is 6.10. The van der Waals surface area contributed by atoms with E-state index in [9.17, 15) is 9.18 Å². The van der Waals surface area contributed by atoms with Crippen molar-refractivity contribution >= 4 is 34.7 Å². The largest absolute Gasteiger partial charge is 0.370 e. The molecule has 3 aromatic rings. The highest BCUT2D eigenvalue weighted by atomic mass is 35.5. The van der Waals surface area contributed by atoms with Crippen LogP contribution in [0.5, 0.6) is 0 Å². The average Bonchev–Trinajstić information content (AvgIpc) is 2.83. The third-order valence-electron chi connectivity index (χ3n) is 5.78. The van der Waals surface area contributed by atoms with Crippen LogP contribution in [0.2, 0.25) is 5.02 Å². The number of nitrogens with one attached hydrogen (secondary N) is 1. The van der Waals surface area contributed by atoms with Crippen molar-refractivity contribution in [2.75, 3.05) is 23.3 Å². The number of anilines is 3. The summed E-state index contributed by atoms with van der Waals surface area (Å²) in [7, 11) is 0. The van der Waals surface area contributed by atoms with Crippen LogP contribution in [0.4, 0.5) is 21.7 Å². The number of nitrogens with zero attached hydrogens (tertiary/aromatic N) is 3. The van der Waals surface area contributed by atoms with Gasteiger partial charge in [-0.15, -0.1) is 0 Å². The fourth-order valence-electron chi connectivity index (χ4n) is 4.01. The van der Waals surface area contributed by atoms with Gasteiger partial charge in [-0.25, -0.2) is 14.4 Å². The summed E-state index contributed by atoms with van der Waals surface area (Å²) in [6.45, 7) is 7.35. The van der Waals surface area contributed by atoms with Gasteiger partial charge >= 0.3 is 0 Å². The molecule has 1 saturated heterocycles. The van der Waals surface area contributed by atoms with E-state index in [0.717, 1.165) is 53.5 Å². The highest BCUT2D eigenvalue weighted by Crippen LogP contribution is 2.32. The van der Waals surface area contributed by atoms with Crippen LogP contribution >= 0.6 is 11.6 Å². The summed E-state index contributed by atoms with van der Waals surface area (Å²) in [4.78, 5) is 23.1. The van der Waals surface area contributed by atoms with Gasteiger partial charge in [-0.2, -0.15) is 0 Å². The quantitative estimate of drug-likeness (QED) is 0.417. The lowest BCUT2D eigenvalue weighted by Gasteiger charge is -2.30. The molecule has 0 unspecified atom stereocenters. The van der Waals surface area contributed by atoms with Crippen LogP contribution < -0.4 is 10.2 Å². The van der Waals surface area contributed by atoms with E-state index in [0.29, 0.717) is 17.2 Å². The minimum atomic E-state index is -0.426. The second-order valence-electron chi connectivity index (χ2n) is 8.22. The van der Waals surface area contributed by atoms with Crippen LogP contribution in [0, 0.1) is 12.7 Å². The Kier molecular flexibility index (Phi) is 7.04. The predicted molar refractivity (Wildman–Crippen MR) is 132 cm³/mol. The van der Waals surface area contributed by atoms with Crippen LogP contribution in [0.3, 0.4) is 0 Å². The van der Waals surface area contributed by atoms with Gasteiger partial charge in [0.15, 0.2) is 5.78 Å². The molecule has 7 heteroatoms. The van der Waals surface area contributed by atoms with Crippen molar-refractivity contribution in [2.45, 2.75) is 32.6 Å². The Bertz CT molecular complexity index is 1190. The van der Waals surface area contributed by atoms with E-state index in [2.05, 4.69) is 26.8 Å². The number of allylic oxidation sites excluding steroid dienone is 1. The number of aryl methyl sites for hydroxylation is 1. The van der Waals surface area contributed by atoms with E-state index < -0.39 is 5.82 Å². The SMILES string of the molecule is C=CC(=O)Cc1cc(-c2nc(Nc3ccc(Cl)c(N4CCCCC4)c3)ncc2C)ccc1F. The first kappa shape index (κ1) is 22.9. The second kappa shape index (κ2) is 10.1. The molecule has 1 N–H and O–H groups in total. The van der Waals surface area contributed by atoms with Crippen molar-refractivity contribution in [1.29, 1.82) is 0 Å². The maximum atomic E-state index is 14.2. The van der Waals surface area contributed by atoms with Gasteiger partial charge < -0.3 is 10.2 Å². The summed E-state index contributed by atoms with van der Waals surface area (Å²) < 4.78 is 14.2. The van der Waals surface area contributed by atoms with Gasteiger partial charge in [0.2, 0.25) is 5.95 Å². The zero-order chi connectivity index (χ0) is 23.4. The number of aromatic nitrogens is 2. The molecule has 1 fully saturated rings. The van der Waals surface area contributed by atoms with Gasteiger partial charge in [0.05, 0.1) is 16.4 Å². The number of carbonyl (C=O) groups is 1. The fourth-order valence-corrected chi connectivity index (χ4v) is 4.25. The zero-order valence-electron chi connectivity index (χ0n) is 18.6. The molecule has 0 radical (unpaired) electrons. The molecule has 170 valence electrons. The molecule has 0 bridgehead atoms. The Morgan fingerprint density at radius 1 is 1.21 bits per heavy atom. The number of benzene rings is 2. The number of carbonyl (C=O) groups excluding carboxylic acids is 1. The molecule has 5 nitrogen and oxygen atoms in total. The lowest BCUT2D eigenvalue weighted by atomic mass is 10.0. The summed E-state index contributed by atoms with van der Waals surface area (Å²) in [5.41, 5.74) is 4.39. The Morgan fingerprint density at radius 2 is 2.00 bits per heavy atom. The van der Waals surface area contributed by atoms with Gasteiger partial charge in [0, 0.05) is 37.0 Å². The molecule has 0 spiro atoms. The summed E-state index contributed by atoms with van der Waals surface area (Å²) in [6, 6.07) is 10.5. The average molecular weight is 465 g/mol. The van der Waals surface area contributed by atoms with Crippen LogP contribution in [0.1, 0.15) is 30.4 Å². The number of hydrogen-bond acceptors (Lipinski definition) is 5. The fraction of sp³-hybridized carbons (Fsp3) is 0.269. The molecular weight excluding hydrogens is 439 g/mol. The number of halogens is 2. The molecule has 33 heavy (non-hydrogen) atoms. The smallest absolute Gasteiger partial charge is 0.227 e. The highest BCUT2D eigenvalue weighted by molar-refractivity contribution is 6.33. The minimum absolute atomic E-state index is 0.0392. The number of hydrogen-bond donors (Lipinski definition) is 1. The second-order valence-corrected chi connectivity index (χ2v) is 8.62. The van der Waals surface area contributed by atoms with E-state index in [-0.39, 0.29) is 12.2 Å². The van der Waals surface area contributed by atoms with Crippen LogP contribution in [-0.2, 0) is 11.2 Å². The van der Waals surface area contributed by atoms with E-state index in [1.165, 1.54) is 18.6 Å². The van der Waals surface area contributed by atoms with Crippen molar-refractivity contribution in [1.82, 2.24) is 9.97 Å². The molecule has 1 aliphatic heterocycles. The van der Waals surface area contributed by atoms with Crippen LogP contribution in [-0.4, -0.2) is 28.8 Å². The maximum absolute atomic E-state index is 14.2. The van der Waals surface area contributed by atoms with E-state index in [1.807, 2.05) is 25.1 Å². The molecular formula is C26H26ClFN4O. The normalized spacial score (nSPS) is 13.6. The molecule has 2 aromatic carbocycles. The zero-order valence-corrected chi connectivity index (χ0v) is 19.3. The number of ketones is 1. The molecule has 4 rings (SSSR count). The molecule has 0 atom stereocenters. The molecule has 0 amide bonds. The Hall–Kier alpha value is -3.25. The summed E-state index contributed by atoms with van der Waals surface area (Å²) in [5.74, 6) is -0.235.